The number of fused-ring (bicyclic) bond motifs is 1. The Bertz CT molecular complexity index is 742. The van der Waals surface area contributed by atoms with E-state index in [0.29, 0.717) is 5.56 Å². The van der Waals surface area contributed by atoms with Crippen LogP contribution in [0.2, 0.25) is 0 Å². The number of aryl methyl sites for hydroxylation is 1. The number of methoxy groups -OCH3 is 1. The number of hydrogen-bond donors (Lipinski definition) is 1. The van der Waals surface area contributed by atoms with Crippen molar-refractivity contribution in [1.29, 1.82) is 0 Å². The molecule has 1 N–H and O–H groups in total. The molecule has 3 rings (SSSR count). The molecule has 2 aromatic carbocycles. The molecule has 1 amide bonds. The summed E-state index contributed by atoms with van der Waals surface area (Å²) in [4.78, 5) is 23.6. The van der Waals surface area contributed by atoms with Crippen LogP contribution in [0.3, 0.4) is 0 Å². The molecule has 124 valence electrons. The van der Waals surface area contributed by atoms with Crippen LogP contribution in [-0.2, 0) is 22.5 Å². The third kappa shape index (κ3) is 3.56. The number of esters is 1. The van der Waals surface area contributed by atoms with Crippen LogP contribution in [0, 0.1) is 0 Å². The lowest BCUT2D eigenvalue weighted by atomic mass is 10.0. The lowest BCUT2D eigenvalue weighted by Gasteiger charge is -2.14. The zero-order chi connectivity index (χ0) is 16.9. The SMILES string of the molecule is COC(=O)c1ccc2c(c1)CCC2NC(=O)OCc1ccccc1. The van der Waals surface area contributed by atoms with Gasteiger partial charge in [-0.25, -0.2) is 9.59 Å². The van der Waals surface area contributed by atoms with Crippen LogP contribution in [0.1, 0.15) is 39.5 Å². The van der Waals surface area contributed by atoms with Gasteiger partial charge in [0.05, 0.1) is 18.7 Å². The summed E-state index contributed by atoms with van der Waals surface area (Å²) < 4.78 is 9.99. The minimum absolute atomic E-state index is 0.0880. The normalized spacial score (nSPS) is 15.5. The molecular weight excluding hydrogens is 306 g/mol. The van der Waals surface area contributed by atoms with Gasteiger partial charge in [0, 0.05) is 0 Å². The van der Waals surface area contributed by atoms with E-state index in [9.17, 15) is 9.59 Å². The lowest BCUT2D eigenvalue weighted by molar-refractivity contribution is 0.0600. The zero-order valence-electron chi connectivity index (χ0n) is 13.5. The Kier molecular flexibility index (Phi) is 4.79. The number of benzene rings is 2. The van der Waals surface area contributed by atoms with Gasteiger partial charge in [-0.3, -0.25) is 0 Å². The highest BCUT2D eigenvalue weighted by atomic mass is 16.5. The van der Waals surface area contributed by atoms with E-state index < -0.39 is 6.09 Å². The van der Waals surface area contributed by atoms with E-state index in [1.807, 2.05) is 42.5 Å². The topological polar surface area (TPSA) is 64.6 Å². The summed E-state index contributed by atoms with van der Waals surface area (Å²) in [7, 11) is 1.36. The molecule has 1 aliphatic carbocycles. The van der Waals surface area contributed by atoms with E-state index in [-0.39, 0.29) is 18.6 Å². The first-order valence-electron chi connectivity index (χ1n) is 7.85. The Morgan fingerprint density at radius 3 is 2.71 bits per heavy atom. The number of amides is 1. The molecular formula is C19H19NO4. The number of carbonyl (C=O) groups is 2. The summed E-state index contributed by atoms with van der Waals surface area (Å²) >= 11 is 0. The number of nitrogens with one attached hydrogen (secondary N) is 1. The second kappa shape index (κ2) is 7.17. The molecule has 1 unspecified atom stereocenters. The Morgan fingerprint density at radius 1 is 1.17 bits per heavy atom. The number of alkyl carbamates (subject to hydrolysis) is 1. The third-order valence-corrected chi connectivity index (χ3v) is 4.15. The van der Waals surface area contributed by atoms with Crippen molar-refractivity contribution in [3.8, 4) is 0 Å². The van der Waals surface area contributed by atoms with E-state index in [2.05, 4.69) is 5.32 Å². The van der Waals surface area contributed by atoms with Crippen LogP contribution in [-0.4, -0.2) is 19.2 Å². The minimum Gasteiger partial charge on any atom is -0.465 e. The van der Waals surface area contributed by atoms with Crippen molar-refractivity contribution in [3.05, 3.63) is 70.8 Å². The van der Waals surface area contributed by atoms with Gasteiger partial charge in [-0.15, -0.1) is 0 Å². The van der Waals surface area contributed by atoms with Gasteiger partial charge >= 0.3 is 12.1 Å². The number of carbonyl (C=O) groups excluding carboxylic acids is 2. The molecule has 0 heterocycles. The van der Waals surface area contributed by atoms with E-state index in [1.165, 1.54) is 7.11 Å². The largest absolute Gasteiger partial charge is 0.465 e. The Labute approximate surface area is 140 Å². The summed E-state index contributed by atoms with van der Waals surface area (Å²) in [6.45, 7) is 0.244. The average molecular weight is 325 g/mol. The van der Waals surface area contributed by atoms with Crippen molar-refractivity contribution in [3.63, 3.8) is 0 Å². The summed E-state index contributed by atoms with van der Waals surface area (Å²) in [6.07, 6.45) is 1.17. The van der Waals surface area contributed by atoms with E-state index in [0.717, 1.165) is 29.5 Å². The molecule has 0 saturated heterocycles. The molecule has 5 nitrogen and oxygen atoms in total. The van der Waals surface area contributed by atoms with Gasteiger partial charge in [0.15, 0.2) is 0 Å². The molecule has 24 heavy (non-hydrogen) atoms. The van der Waals surface area contributed by atoms with Crippen LogP contribution in [0.15, 0.2) is 48.5 Å². The van der Waals surface area contributed by atoms with Crippen LogP contribution < -0.4 is 5.32 Å². The van der Waals surface area contributed by atoms with Gasteiger partial charge in [0.25, 0.3) is 0 Å². The maximum Gasteiger partial charge on any atom is 0.407 e. The second-order valence-electron chi connectivity index (χ2n) is 5.70. The van der Waals surface area contributed by atoms with E-state index in [1.54, 1.807) is 6.07 Å². The summed E-state index contributed by atoms with van der Waals surface area (Å²) in [5.41, 5.74) is 3.57. The second-order valence-corrected chi connectivity index (χ2v) is 5.70. The quantitative estimate of drug-likeness (QED) is 0.875. The fourth-order valence-electron chi connectivity index (χ4n) is 2.92. The van der Waals surface area contributed by atoms with Crippen LogP contribution >= 0.6 is 0 Å². The predicted octanol–water partition coefficient (Wildman–Crippen LogP) is 3.39. The van der Waals surface area contributed by atoms with Gasteiger partial charge in [-0.2, -0.15) is 0 Å². The standard InChI is InChI=1S/C19H19NO4/c1-23-18(21)15-7-9-16-14(11-15)8-10-17(16)20-19(22)24-12-13-5-3-2-4-6-13/h2-7,9,11,17H,8,10,12H2,1H3,(H,20,22). The summed E-state index contributed by atoms with van der Waals surface area (Å²) in [6, 6.07) is 14.9. The monoisotopic (exact) mass is 325 g/mol. The molecule has 2 aromatic rings. The van der Waals surface area contributed by atoms with Crippen LogP contribution in [0.5, 0.6) is 0 Å². The first-order chi connectivity index (χ1) is 11.7. The molecule has 5 heteroatoms. The molecule has 0 aromatic heterocycles. The van der Waals surface area contributed by atoms with Crippen molar-refractivity contribution < 1.29 is 19.1 Å². The van der Waals surface area contributed by atoms with Crippen molar-refractivity contribution in [2.45, 2.75) is 25.5 Å². The Hall–Kier alpha value is -2.82. The number of rotatable bonds is 4. The predicted molar refractivity (Wildman–Crippen MR) is 88.6 cm³/mol. The molecule has 0 radical (unpaired) electrons. The summed E-state index contributed by atoms with van der Waals surface area (Å²) in [5.74, 6) is -0.350. The highest BCUT2D eigenvalue weighted by molar-refractivity contribution is 5.89. The molecule has 0 aliphatic heterocycles. The number of hydrogen-bond acceptors (Lipinski definition) is 4. The van der Waals surface area contributed by atoms with Gasteiger partial charge in [-0.1, -0.05) is 36.4 Å². The molecule has 0 fully saturated rings. The molecule has 1 atom stereocenters. The maximum absolute atomic E-state index is 12.0. The Morgan fingerprint density at radius 2 is 1.96 bits per heavy atom. The van der Waals surface area contributed by atoms with Crippen molar-refractivity contribution in [2.75, 3.05) is 7.11 Å². The average Bonchev–Trinajstić information content (AvgIpc) is 3.02. The smallest absolute Gasteiger partial charge is 0.407 e. The van der Waals surface area contributed by atoms with Crippen molar-refractivity contribution in [1.82, 2.24) is 5.32 Å². The summed E-state index contributed by atoms with van der Waals surface area (Å²) in [5, 5.41) is 2.89. The van der Waals surface area contributed by atoms with Crippen molar-refractivity contribution >= 4 is 12.1 Å². The highest BCUT2D eigenvalue weighted by Gasteiger charge is 2.25. The molecule has 0 saturated carbocycles. The highest BCUT2D eigenvalue weighted by Crippen LogP contribution is 2.32. The Balaban J connectivity index is 1.60. The fraction of sp³-hybridized carbons (Fsp3) is 0.263. The fourth-order valence-corrected chi connectivity index (χ4v) is 2.92. The maximum atomic E-state index is 12.0. The van der Waals surface area contributed by atoms with Crippen LogP contribution in [0.25, 0.3) is 0 Å². The van der Waals surface area contributed by atoms with E-state index >= 15 is 0 Å². The third-order valence-electron chi connectivity index (χ3n) is 4.15. The van der Waals surface area contributed by atoms with Gasteiger partial charge in [-0.05, 0) is 41.7 Å². The van der Waals surface area contributed by atoms with Gasteiger partial charge in [0.2, 0.25) is 0 Å². The lowest BCUT2D eigenvalue weighted by Crippen LogP contribution is -2.27. The zero-order valence-corrected chi connectivity index (χ0v) is 13.5. The first-order valence-corrected chi connectivity index (χ1v) is 7.85. The van der Waals surface area contributed by atoms with E-state index in [4.69, 9.17) is 9.47 Å². The number of ether oxygens (including phenoxy) is 2. The van der Waals surface area contributed by atoms with Gasteiger partial charge in [0.1, 0.15) is 6.61 Å². The minimum atomic E-state index is -0.436. The van der Waals surface area contributed by atoms with Crippen molar-refractivity contribution in [2.24, 2.45) is 0 Å². The first kappa shape index (κ1) is 16.1. The molecule has 1 aliphatic rings. The van der Waals surface area contributed by atoms with Gasteiger partial charge < -0.3 is 14.8 Å². The van der Waals surface area contributed by atoms with Crippen LogP contribution in [0.4, 0.5) is 4.79 Å². The molecule has 0 spiro atoms. The molecule has 0 bridgehead atoms.